The zero-order valence-electron chi connectivity index (χ0n) is 12.3. The fourth-order valence-electron chi connectivity index (χ4n) is 2.83. The Hall–Kier alpha value is -0.380. The van der Waals surface area contributed by atoms with Crippen LogP contribution in [-0.2, 0) is 6.42 Å². The molecule has 0 saturated carbocycles. The van der Waals surface area contributed by atoms with Crippen molar-refractivity contribution in [3.05, 3.63) is 21.9 Å². The molecule has 0 amide bonds. The quantitative estimate of drug-likeness (QED) is 0.899. The summed E-state index contributed by atoms with van der Waals surface area (Å²) in [4.78, 5) is 4.24. The Bertz CT molecular complexity index is 397. The molecular formula is C15H26N2S. The lowest BCUT2D eigenvalue weighted by molar-refractivity contribution is 0.108. The molecule has 2 rings (SSSR count). The van der Waals surface area contributed by atoms with Crippen LogP contribution in [0, 0.1) is 5.41 Å². The van der Waals surface area contributed by atoms with E-state index in [9.17, 15) is 0 Å². The maximum atomic E-state index is 3.40. The Morgan fingerprint density at radius 1 is 1.56 bits per heavy atom. The van der Waals surface area contributed by atoms with Crippen LogP contribution in [0.15, 0.2) is 11.4 Å². The number of nitrogens with one attached hydrogen (secondary N) is 1. The van der Waals surface area contributed by atoms with E-state index in [4.69, 9.17) is 0 Å². The fourth-order valence-corrected chi connectivity index (χ4v) is 3.79. The van der Waals surface area contributed by atoms with Crippen LogP contribution in [-0.4, -0.2) is 31.1 Å². The van der Waals surface area contributed by atoms with Crippen LogP contribution in [0.3, 0.4) is 0 Å². The monoisotopic (exact) mass is 266 g/mol. The first kappa shape index (κ1) is 14.0. The molecule has 2 heterocycles. The molecule has 0 spiro atoms. The van der Waals surface area contributed by atoms with Crippen LogP contribution in [0.2, 0.25) is 0 Å². The van der Waals surface area contributed by atoms with E-state index in [0.717, 1.165) is 6.54 Å². The number of hydrogen-bond donors (Lipinski definition) is 1. The smallest absolute Gasteiger partial charge is 0.0331 e. The average Bonchev–Trinajstić information content (AvgIpc) is 2.80. The topological polar surface area (TPSA) is 15.3 Å². The van der Waals surface area contributed by atoms with Crippen molar-refractivity contribution in [1.29, 1.82) is 0 Å². The molecule has 1 aromatic rings. The van der Waals surface area contributed by atoms with Gasteiger partial charge in [-0.25, -0.2) is 0 Å². The highest BCUT2D eigenvalue weighted by molar-refractivity contribution is 7.10. The van der Waals surface area contributed by atoms with E-state index in [2.05, 4.69) is 56.4 Å². The molecule has 0 fully saturated rings. The van der Waals surface area contributed by atoms with Gasteiger partial charge in [-0.15, -0.1) is 11.3 Å². The molecule has 0 radical (unpaired) electrons. The van der Waals surface area contributed by atoms with E-state index >= 15 is 0 Å². The molecule has 1 aromatic heterocycles. The van der Waals surface area contributed by atoms with E-state index in [1.54, 1.807) is 10.4 Å². The Labute approximate surface area is 115 Å². The molecule has 0 bridgehead atoms. The van der Waals surface area contributed by atoms with Crippen LogP contribution in [0.5, 0.6) is 0 Å². The van der Waals surface area contributed by atoms with Crippen LogP contribution >= 0.6 is 11.3 Å². The van der Waals surface area contributed by atoms with E-state index in [1.165, 1.54) is 13.0 Å². The summed E-state index contributed by atoms with van der Waals surface area (Å²) in [5.74, 6) is 0. The summed E-state index contributed by atoms with van der Waals surface area (Å²) >= 11 is 1.92. The summed E-state index contributed by atoms with van der Waals surface area (Å²) in [6.45, 7) is 11.7. The molecule has 1 aliphatic rings. The van der Waals surface area contributed by atoms with Gasteiger partial charge in [0.05, 0.1) is 0 Å². The third-order valence-electron chi connectivity index (χ3n) is 4.62. The Kier molecular flexibility index (Phi) is 4.15. The van der Waals surface area contributed by atoms with Crippen molar-refractivity contribution in [1.82, 2.24) is 10.2 Å². The van der Waals surface area contributed by atoms with Gasteiger partial charge in [-0.05, 0) is 49.7 Å². The highest BCUT2D eigenvalue weighted by atomic mass is 32.1. The molecule has 0 saturated heterocycles. The van der Waals surface area contributed by atoms with Crippen molar-refractivity contribution in [2.45, 2.75) is 46.2 Å². The molecule has 0 aromatic carbocycles. The minimum Gasteiger partial charge on any atom is -0.317 e. The van der Waals surface area contributed by atoms with Gasteiger partial charge in [0.25, 0.3) is 0 Å². The lowest BCUT2D eigenvalue weighted by Crippen LogP contribution is -2.47. The largest absolute Gasteiger partial charge is 0.317 e. The lowest BCUT2D eigenvalue weighted by atomic mass is 9.83. The second-order valence-electron chi connectivity index (χ2n) is 6.19. The van der Waals surface area contributed by atoms with Gasteiger partial charge in [0.15, 0.2) is 0 Å². The van der Waals surface area contributed by atoms with Gasteiger partial charge in [-0.3, -0.25) is 4.90 Å². The first-order valence-electron chi connectivity index (χ1n) is 6.93. The van der Waals surface area contributed by atoms with E-state index in [0.29, 0.717) is 17.5 Å². The van der Waals surface area contributed by atoms with Crippen molar-refractivity contribution in [2.75, 3.05) is 20.1 Å². The SMILES string of the molecule is CNC(C)C(C)(C)CN1CCc2sccc2C1C. The lowest BCUT2D eigenvalue weighted by Gasteiger charge is -2.41. The van der Waals surface area contributed by atoms with Gasteiger partial charge in [-0.2, -0.15) is 0 Å². The predicted octanol–water partition coefficient (Wildman–Crippen LogP) is 3.30. The average molecular weight is 266 g/mol. The molecule has 2 unspecified atom stereocenters. The summed E-state index contributed by atoms with van der Waals surface area (Å²) in [6, 6.07) is 3.42. The molecule has 18 heavy (non-hydrogen) atoms. The number of rotatable bonds is 4. The molecule has 3 heteroatoms. The van der Waals surface area contributed by atoms with E-state index in [-0.39, 0.29) is 0 Å². The van der Waals surface area contributed by atoms with Gasteiger partial charge in [0.2, 0.25) is 0 Å². The van der Waals surface area contributed by atoms with Crippen LogP contribution in [0.4, 0.5) is 0 Å². The van der Waals surface area contributed by atoms with Gasteiger partial charge in [0.1, 0.15) is 0 Å². The van der Waals surface area contributed by atoms with E-state index < -0.39 is 0 Å². The Balaban J connectivity index is 2.08. The minimum absolute atomic E-state index is 0.302. The zero-order valence-corrected chi connectivity index (χ0v) is 13.1. The molecule has 0 aliphatic carbocycles. The van der Waals surface area contributed by atoms with Crippen LogP contribution in [0.1, 0.15) is 44.2 Å². The van der Waals surface area contributed by atoms with Crippen molar-refractivity contribution < 1.29 is 0 Å². The standard InChI is InChI=1S/C15H26N2S/c1-11-13-7-9-18-14(13)6-8-17(11)10-15(3,4)12(2)16-5/h7,9,11-12,16H,6,8,10H2,1-5H3. The minimum atomic E-state index is 0.302. The Morgan fingerprint density at radius 2 is 2.28 bits per heavy atom. The maximum absolute atomic E-state index is 3.40. The maximum Gasteiger partial charge on any atom is 0.0331 e. The van der Waals surface area contributed by atoms with Crippen molar-refractivity contribution in [3.63, 3.8) is 0 Å². The fraction of sp³-hybridized carbons (Fsp3) is 0.733. The highest BCUT2D eigenvalue weighted by Crippen LogP contribution is 2.35. The molecule has 102 valence electrons. The highest BCUT2D eigenvalue weighted by Gasteiger charge is 2.32. The third kappa shape index (κ3) is 2.63. The molecule has 1 aliphatic heterocycles. The van der Waals surface area contributed by atoms with Gasteiger partial charge in [0, 0.05) is 30.1 Å². The van der Waals surface area contributed by atoms with E-state index in [1.807, 2.05) is 11.3 Å². The summed E-state index contributed by atoms with van der Waals surface area (Å²) < 4.78 is 0. The summed E-state index contributed by atoms with van der Waals surface area (Å²) in [7, 11) is 2.06. The van der Waals surface area contributed by atoms with Gasteiger partial charge >= 0.3 is 0 Å². The molecule has 2 atom stereocenters. The van der Waals surface area contributed by atoms with Crippen molar-refractivity contribution >= 4 is 11.3 Å². The number of nitrogens with zero attached hydrogens (tertiary/aromatic N) is 1. The number of hydrogen-bond acceptors (Lipinski definition) is 3. The van der Waals surface area contributed by atoms with Crippen LogP contribution < -0.4 is 5.32 Å². The molecule has 2 nitrogen and oxygen atoms in total. The Morgan fingerprint density at radius 3 is 2.94 bits per heavy atom. The third-order valence-corrected chi connectivity index (χ3v) is 5.62. The second kappa shape index (κ2) is 5.32. The first-order valence-corrected chi connectivity index (χ1v) is 7.81. The normalized spacial score (nSPS) is 22.8. The first-order chi connectivity index (χ1) is 8.45. The van der Waals surface area contributed by atoms with Gasteiger partial charge < -0.3 is 5.32 Å². The van der Waals surface area contributed by atoms with Gasteiger partial charge in [-0.1, -0.05) is 13.8 Å². The zero-order chi connectivity index (χ0) is 13.3. The second-order valence-corrected chi connectivity index (χ2v) is 7.20. The molecule has 1 N–H and O–H groups in total. The predicted molar refractivity (Wildman–Crippen MR) is 80.3 cm³/mol. The number of fused-ring (bicyclic) bond motifs is 1. The van der Waals surface area contributed by atoms with Crippen molar-refractivity contribution in [2.24, 2.45) is 5.41 Å². The van der Waals surface area contributed by atoms with Crippen molar-refractivity contribution in [3.8, 4) is 0 Å². The summed E-state index contributed by atoms with van der Waals surface area (Å²) in [6.07, 6.45) is 1.22. The van der Waals surface area contributed by atoms with Crippen LogP contribution in [0.25, 0.3) is 0 Å². The summed E-state index contributed by atoms with van der Waals surface area (Å²) in [5.41, 5.74) is 1.86. The number of thiophene rings is 1. The molecular weight excluding hydrogens is 240 g/mol. The summed E-state index contributed by atoms with van der Waals surface area (Å²) in [5, 5.41) is 5.64.